The highest BCUT2D eigenvalue weighted by Gasteiger charge is 2.18. The topological polar surface area (TPSA) is 93.0 Å². The van der Waals surface area contributed by atoms with E-state index in [2.05, 4.69) is 50.2 Å². The normalized spacial score (nSPS) is 12.1. The van der Waals surface area contributed by atoms with Crippen LogP contribution in [-0.2, 0) is 4.84 Å². The van der Waals surface area contributed by atoms with Crippen molar-refractivity contribution in [3.8, 4) is 0 Å². The van der Waals surface area contributed by atoms with Gasteiger partial charge in [0, 0.05) is 15.7 Å². The van der Waals surface area contributed by atoms with E-state index in [-0.39, 0.29) is 5.92 Å². The largest absolute Gasteiger partial charge is 0.351 e. The van der Waals surface area contributed by atoms with Gasteiger partial charge in [-0.25, -0.2) is 15.3 Å². The van der Waals surface area contributed by atoms with Gasteiger partial charge < -0.3 is 10.7 Å². The Morgan fingerprint density at radius 1 is 1.50 bits per heavy atom. The number of urea groups is 1. The zero-order chi connectivity index (χ0) is 14.4. The Kier molecular flexibility index (Phi) is 5.36. The van der Waals surface area contributed by atoms with E-state index in [0.717, 1.165) is 5.69 Å². The summed E-state index contributed by atoms with van der Waals surface area (Å²) in [6.45, 7) is 0.353. The van der Waals surface area contributed by atoms with Crippen molar-refractivity contribution in [2.24, 2.45) is 5.73 Å². The first-order valence-electron chi connectivity index (χ1n) is 6.09. The van der Waals surface area contributed by atoms with Crippen molar-refractivity contribution in [2.45, 2.75) is 12.3 Å². The van der Waals surface area contributed by atoms with Crippen molar-refractivity contribution in [1.29, 1.82) is 0 Å². The van der Waals surface area contributed by atoms with E-state index in [1.807, 2.05) is 18.3 Å². The molecule has 4 N–H and O–H groups in total. The fraction of sp³-hybridized carbons (Fsp3) is 0.231. The number of hydrogen-bond acceptors (Lipinski definition) is 3. The summed E-state index contributed by atoms with van der Waals surface area (Å²) >= 11 is 2.30. The summed E-state index contributed by atoms with van der Waals surface area (Å²) in [4.78, 5) is 22.9. The molecule has 0 saturated carbocycles. The van der Waals surface area contributed by atoms with Gasteiger partial charge in [0.15, 0.2) is 0 Å². The third kappa shape index (κ3) is 3.94. The Morgan fingerprint density at radius 3 is 2.95 bits per heavy atom. The van der Waals surface area contributed by atoms with Crippen LogP contribution in [0.2, 0.25) is 0 Å². The van der Waals surface area contributed by atoms with Crippen molar-refractivity contribution in [3.63, 3.8) is 0 Å². The highest BCUT2D eigenvalue weighted by molar-refractivity contribution is 14.1. The molecule has 1 heterocycles. The molecule has 7 heteroatoms. The van der Waals surface area contributed by atoms with Crippen molar-refractivity contribution in [3.05, 3.63) is 51.6 Å². The molecule has 0 bridgehead atoms. The van der Waals surface area contributed by atoms with E-state index in [4.69, 9.17) is 10.6 Å². The zero-order valence-electron chi connectivity index (χ0n) is 10.7. The summed E-state index contributed by atoms with van der Waals surface area (Å²) in [5.74, 6) is 0.101. The molecule has 6 nitrogen and oxygen atoms in total. The lowest BCUT2D eigenvalue weighted by Crippen LogP contribution is -2.30. The number of hydroxylamine groups is 1. The fourth-order valence-electron chi connectivity index (χ4n) is 1.98. The van der Waals surface area contributed by atoms with Crippen LogP contribution < -0.4 is 11.2 Å². The second-order valence-electron chi connectivity index (χ2n) is 4.17. The van der Waals surface area contributed by atoms with E-state index >= 15 is 0 Å². The minimum Gasteiger partial charge on any atom is -0.351 e. The molecule has 1 atom stereocenters. The van der Waals surface area contributed by atoms with Crippen LogP contribution in [0.4, 0.5) is 4.79 Å². The van der Waals surface area contributed by atoms with Crippen molar-refractivity contribution in [1.82, 2.24) is 15.4 Å². The number of aromatic amines is 1. The molecule has 106 valence electrons. The van der Waals surface area contributed by atoms with Gasteiger partial charge in [-0.15, -0.1) is 0 Å². The highest BCUT2D eigenvalue weighted by Crippen LogP contribution is 2.29. The van der Waals surface area contributed by atoms with Crippen LogP contribution in [0.1, 0.15) is 23.6 Å². The van der Waals surface area contributed by atoms with Gasteiger partial charge in [-0.1, -0.05) is 18.2 Å². The van der Waals surface area contributed by atoms with Crippen LogP contribution in [0.5, 0.6) is 0 Å². The predicted octanol–water partition coefficient (Wildman–Crippen LogP) is 2.14. The molecule has 0 aliphatic heterocycles. The maximum atomic E-state index is 10.6. The number of amides is 2. The molecule has 0 fully saturated rings. The second-order valence-corrected chi connectivity index (χ2v) is 5.33. The lowest BCUT2D eigenvalue weighted by molar-refractivity contribution is 0.0609. The number of nitrogens with zero attached hydrogens (tertiary/aromatic N) is 1. The van der Waals surface area contributed by atoms with Gasteiger partial charge in [0.25, 0.3) is 0 Å². The van der Waals surface area contributed by atoms with Gasteiger partial charge in [0.2, 0.25) is 0 Å². The van der Waals surface area contributed by atoms with Crippen LogP contribution in [0.3, 0.4) is 0 Å². The van der Waals surface area contributed by atoms with E-state index in [9.17, 15) is 4.79 Å². The molecule has 0 saturated heterocycles. The number of H-pyrrole nitrogens is 1. The molecule has 20 heavy (non-hydrogen) atoms. The summed E-state index contributed by atoms with van der Waals surface area (Å²) < 4.78 is 1.17. The van der Waals surface area contributed by atoms with Gasteiger partial charge >= 0.3 is 6.03 Å². The smallest absolute Gasteiger partial charge is 0.336 e. The molecule has 0 spiro atoms. The Hall–Kier alpha value is -1.61. The number of imidazole rings is 1. The number of halogens is 1. The lowest BCUT2D eigenvalue weighted by Gasteiger charge is -2.16. The Balaban J connectivity index is 2.10. The minimum atomic E-state index is -0.699. The van der Waals surface area contributed by atoms with Crippen molar-refractivity contribution >= 4 is 28.6 Å². The van der Waals surface area contributed by atoms with Gasteiger partial charge in [-0.05, 0) is 40.6 Å². The monoisotopic (exact) mass is 386 g/mol. The number of carbonyl (C=O) groups is 1. The molecule has 1 aromatic carbocycles. The second kappa shape index (κ2) is 7.25. The number of nitrogens with one attached hydrogen (secondary N) is 2. The Labute approximate surface area is 130 Å². The number of hydrogen-bond donors (Lipinski definition) is 3. The number of rotatable bonds is 6. The van der Waals surface area contributed by atoms with Crippen LogP contribution >= 0.6 is 22.6 Å². The van der Waals surface area contributed by atoms with E-state index in [0.29, 0.717) is 13.0 Å². The van der Waals surface area contributed by atoms with Gasteiger partial charge in [0.05, 0.1) is 18.6 Å². The fourth-order valence-corrected chi connectivity index (χ4v) is 2.74. The number of aromatic nitrogens is 2. The number of primary amides is 1. The maximum Gasteiger partial charge on any atom is 0.336 e. The summed E-state index contributed by atoms with van der Waals surface area (Å²) in [7, 11) is 0. The van der Waals surface area contributed by atoms with Crippen LogP contribution in [0.15, 0.2) is 36.8 Å². The molecule has 0 radical (unpaired) electrons. The lowest BCUT2D eigenvalue weighted by atomic mass is 9.93. The zero-order valence-corrected chi connectivity index (χ0v) is 12.8. The predicted molar refractivity (Wildman–Crippen MR) is 82.9 cm³/mol. The molecule has 2 aromatic rings. The van der Waals surface area contributed by atoms with Crippen LogP contribution in [-0.4, -0.2) is 22.6 Å². The maximum absolute atomic E-state index is 10.6. The first-order valence-corrected chi connectivity index (χ1v) is 7.16. The number of nitrogens with two attached hydrogens (primary N) is 1. The molecule has 1 unspecified atom stereocenters. The summed E-state index contributed by atoms with van der Waals surface area (Å²) in [5.41, 5.74) is 9.19. The third-order valence-electron chi connectivity index (χ3n) is 2.84. The molecule has 0 aliphatic carbocycles. The quantitative estimate of drug-likeness (QED) is 0.404. The summed E-state index contributed by atoms with van der Waals surface area (Å²) in [5, 5.41) is 0. The third-order valence-corrected chi connectivity index (χ3v) is 3.82. The standard InChI is InChI=1S/C13H15IN4O2/c14-11-4-2-1-3-9(11)10(12-7-16-8-17-12)5-6-20-18-13(15)19/h1-4,7-8,10H,5-6H2,(H,16,17)(H3,15,18,19). The average Bonchev–Trinajstić information content (AvgIpc) is 2.94. The molecule has 0 aliphatic rings. The minimum absolute atomic E-state index is 0.101. The van der Waals surface area contributed by atoms with E-state index < -0.39 is 6.03 Å². The first-order chi connectivity index (χ1) is 9.68. The molecule has 2 rings (SSSR count). The molecule has 1 aromatic heterocycles. The van der Waals surface area contributed by atoms with Crippen molar-refractivity contribution in [2.75, 3.05) is 6.61 Å². The van der Waals surface area contributed by atoms with Gasteiger partial charge in [0.1, 0.15) is 0 Å². The first kappa shape index (κ1) is 14.8. The van der Waals surface area contributed by atoms with Gasteiger partial charge in [-0.2, -0.15) is 0 Å². The van der Waals surface area contributed by atoms with E-state index in [1.54, 1.807) is 6.33 Å². The number of carbonyl (C=O) groups excluding carboxylic acids is 1. The molecular weight excluding hydrogens is 371 g/mol. The SMILES string of the molecule is NC(=O)NOCCC(c1c[nH]cn1)c1ccccc1I. The highest BCUT2D eigenvalue weighted by atomic mass is 127. The van der Waals surface area contributed by atoms with Crippen LogP contribution in [0, 0.1) is 3.57 Å². The molecular formula is C13H15IN4O2. The van der Waals surface area contributed by atoms with Crippen LogP contribution in [0.25, 0.3) is 0 Å². The molecule has 2 amide bonds. The number of benzene rings is 1. The summed E-state index contributed by atoms with van der Waals surface area (Å²) in [6, 6.07) is 7.42. The average molecular weight is 386 g/mol. The Bertz CT molecular complexity index is 559. The van der Waals surface area contributed by atoms with Crippen molar-refractivity contribution < 1.29 is 9.63 Å². The summed E-state index contributed by atoms with van der Waals surface area (Å²) in [6.07, 6.45) is 4.21. The Morgan fingerprint density at radius 2 is 2.30 bits per heavy atom. The van der Waals surface area contributed by atoms with Gasteiger partial charge in [-0.3, -0.25) is 4.84 Å². The van der Waals surface area contributed by atoms with E-state index in [1.165, 1.54) is 9.13 Å².